The van der Waals surface area contributed by atoms with E-state index in [9.17, 15) is 0 Å². The first-order chi connectivity index (χ1) is 5.83. The van der Waals surface area contributed by atoms with Gasteiger partial charge in [0.25, 0.3) is 0 Å². The van der Waals surface area contributed by atoms with Gasteiger partial charge in [-0.1, -0.05) is 26.2 Å². The molecule has 0 spiro atoms. The molecule has 0 aromatic rings. The van der Waals surface area contributed by atoms with Crippen LogP contribution in [-0.2, 0) is 0 Å². The molecule has 2 heteroatoms. The van der Waals surface area contributed by atoms with Crippen molar-refractivity contribution >= 4 is 24.4 Å². The Morgan fingerprint density at radius 2 is 1.92 bits per heavy atom. The highest BCUT2D eigenvalue weighted by Crippen LogP contribution is 2.39. The molecule has 1 aliphatic rings. The Kier molecular flexibility index (Phi) is 4.88. The SMILES string of the molecule is CCSCC1(CS)CCCCC1. The Bertz CT molecular complexity index is 117. The third-order valence-electron chi connectivity index (χ3n) is 2.86. The van der Waals surface area contributed by atoms with Gasteiger partial charge in [0, 0.05) is 0 Å². The van der Waals surface area contributed by atoms with Crippen molar-refractivity contribution in [3.05, 3.63) is 0 Å². The van der Waals surface area contributed by atoms with Crippen molar-refractivity contribution in [1.29, 1.82) is 0 Å². The molecule has 0 heterocycles. The molecule has 0 saturated heterocycles. The van der Waals surface area contributed by atoms with Gasteiger partial charge in [-0.15, -0.1) is 0 Å². The monoisotopic (exact) mass is 204 g/mol. The highest BCUT2D eigenvalue weighted by Gasteiger charge is 2.29. The van der Waals surface area contributed by atoms with Crippen molar-refractivity contribution in [3.63, 3.8) is 0 Å². The zero-order valence-corrected chi connectivity index (χ0v) is 9.72. The second kappa shape index (κ2) is 5.43. The lowest BCUT2D eigenvalue weighted by atomic mass is 9.77. The summed E-state index contributed by atoms with van der Waals surface area (Å²) in [6, 6.07) is 0. The number of hydrogen-bond donors (Lipinski definition) is 1. The van der Waals surface area contributed by atoms with Crippen LogP contribution in [0.5, 0.6) is 0 Å². The van der Waals surface area contributed by atoms with Crippen LogP contribution < -0.4 is 0 Å². The summed E-state index contributed by atoms with van der Waals surface area (Å²) in [7, 11) is 0. The molecule has 1 rings (SSSR count). The molecular weight excluding hydrogens is 184 g/mol. The van der Waals surface area contributed by atoms with Crippen LogP contribution in [-0.4, -0.2) is 17.3 Å². The molecule has 0 aromatic heterocycles. The standard InChI is InChI=1S/C10H20S2/c1-2-12-9-10(8-11)6-4-3-5-7-10/h11H,2-9H2,1H3. The minimum atomic E-state index is 0.599. The molecule has 0 aromatic carbocycles. The maximum absolute atomic E-state index is 4.51. The highest BCUT2D eigenvalue weighted by molar-refractivity contribution is 7.99. The van der Waals surface area contributed by atoms with Crippen LogP contribution in [0.1, 0.15) is 39.0 Å². The Labute approximate surface area is 86.3 Å². The normalized spacial score (nSPS) is 22.5. The van der Waals surface area contributed by atoms with Gasteiger partial charge in [-0.25, -0.2) is 0 Å². The second-order valence-corrected chi connectivity index (χ2v) is 5.45. The molecule has 0 N–H and O–H groups in total. The summed E-state index contributed by atoms with van der Waals surface area (Å²) in [5.41, 5.74) is 0.599. The number of thioether (sulfide) groups is 1. The fourth-order valence-electron chi connectivity index (χ4n) is 1.97. The smallest absolute Gasteiger partial charge is 0.000310 e. The highest BCUT2D eigenvalue weighted by atomic mass is 32.2. The van der Waals surface area contributed by atoms with Crippen molar-refractivity contribution in [2.45, 2.75) is 39.0 Å². The molecule has 1 aliphatic carbocycles. The topological polar surface area (TPSA) is 0 Å². The summed E-state index contributed by atoms with van der Waals surface area (Å²) in [5, 5.41) is 0. The Balaban J connectivity index is 2.37. The first-order valence-corrected chi connectivity index (χ1v) is 6.80. The molecule has 0 unspecified atom stereocenters. The molecule has 0 amide bonds. The van der Waals surface area contributed by atoms with Crippen LogP contribution in [0.25, 0.3) is 0 Å². The first-order valence-electron chi connectivity index (χ1n) is 5.01. The van der Waals surface area contributed by atoms with Crippen molar-refractivity contribution < 1.29 is 0 Å². The Hall–Kier alpha value is 0.700. The van der Waals surface area contributed by atoms with E-state index in [1.54, 1.807) is 0 Å². The van der Waals surface area contributed by atoms with E-state index in [-0.39, 0.29) is 0 Å². The molecule has 12 heavy (non-hydrogen) atoms. The summed E-state index contributed by atoms with van der Waals surface area (Å²) < 4.78 is 0. The van der Waals surface area contributed by atoms with Gasteiger partial charge in [0.05, 0.1) is 0 Å². The summed E-state index contributed by atoms with van der Waals surface area (Å²) in [4.78, 5) is 0. The largest absolute Gasteiger partial charge is 0.179 e. The molecule has 1 fully saturated rings. The van der Waals surface area contributed by atoms with Crippen molar-refractivity contribution in [2.75, 3.05) is 17.3 Å². The zero-order valence-electron chi connectivity index (χ0n) is 8.01. The fourth-order valence-corrected chi connectivity index (χ4v) is 3.58. The molecule has 1 saturated carbocycles. The predicted octanol–water partition coefficient (Wildman–Crippen LogP) is 3.62. The number of thiol groups is 1. The van der Waals surface area contributed by atoms with Crippen LogP contribution in [0.4, 0.5) is 0 Å². The lowest BCUT2D eigenvalue weighted by molar-refractivity contribution is 0.259. The molecule has 0 bridgehead atoms. The van der Waals surface area contributed by atoms with E-state index in [1.165, 1.54) is 43.6 Å². The maximum atomic E-state index is 4.51. The Morgan fingerprint density at radius 1 is 1.25 bits per heavy atom. The maximum Gasteiger partial charge on any atom is -0.000310 e. The molecule has 0 aliphatic heterocycles. The van der Waals surface area contributed by atoms with Crippen molar-refractivity contribution in [3.8, 4) is 0 Å². The van der Waals surface area contributed by atoms with Gasteiger partial charge in [0.1, 0.15) is 0 Å². The second-order valence-electron chi connectivity index (χ2n) is 3.86. The molecule has 0 atom stereocenters. The van der Waals surface area contributed by atoms with Gasteiger partial charge in [-0.05, 0) is 35.5 Å². The third-order valence-corrected chi connectivity index (χ3v) is 4.76. The van der Waals surface area contributed by atoms with E-state index in [1.807, 2.05) is 0 Å². The summed E-state index contributed by atoms with van der Waals surface area (Å²) in [6.45, 7) is 2.25. The van der Waals surface area contributed by atoms with Crippen LogP contribution in [0.15, 0.2) is 0 Å². The minimum absolute atomic E-state index is 0.599. The summed E-state index contributed by atoms with van der Waals surface area (Å²) >= 11 is 6.60. The van der Waals surface area contributed by atoms with Gasteiger partial charge >= 0.3 is 0 Å². The number of rotatable bonds is 4. The van der Waals surface area contributed by atoms with Gasteiger partial charge in [-0.2, -0.15) is 24.4 Å². The van der Waals surface area contributed by atoms with Crippen LogP contribution in [0, 0.1) is 5.41 Å². The van der Waals surface area contributed by atoms with E-state index in [4.69, 9.17) is 0 Å². The first kappa shape index (κ1) is 10.8. The van der Waals surface area contributed by atoms with Gasteiger partial charge in [-0.3, -0.25) is 0 Å². The summed E-state index contributed by atoms with van der Waals surface area (Å²) in [5.74, 6) is 3.70. The molecule has 72 valence electrons. The van der Waals surface area contributed by atoms with Crippen molar-refractivity contribution in [2.24, 2.45) is 5.41 Å². The van der Waals surface area contributed by atoms with Crippen LogP contribution in [0.3, 0.4) is 0 Å². The zero-order chi connectivity index (χ0) is 8.86. The third kappa shape index (κ3) is 2.88. The fraction of sp³-hybridized carbons (Fsp3) is 1.00. The quantitative estimate of drug-likeness (QED) is 0.683. The van der Waals surface area contributed by atoms with E-state index in [2.05, 4.69) is 31.3 Å². The molecular formula is C10H20S2. The average molecular weight is 204 g/mol. The van der Waals surface area contributed by atoms with E-state index in [0.717, 1.165) is 5.75 Å². The van der Waals surface area contributed by atoms with Crippen molar-refractivity contribution in [1.82, 2.24) is 0 Å². The van der Waals surface area contributed by atoms with Gasteiger partial charge < -0.3 is 0 Å². The van der Waals surface area contributed by atoms with Gasteiger partial charge in [0.2, 0.25) is 0 Å². The average Bonchev–Trinajstić information content (AvgIpc) is 2.16. The lowest BCUT2D eigenvalue weighted by Crippen LogP contribution is -2.28. The van der Waals surface area contributed by atoms with Crippen LogP contribution >= 0.6 is 24.4 Å². The minimum Gasteiger partial charge on any atom is -0.179 e. The van der Waals surface area contributed by atoms with E-state index < -0.39 is 0 Å². The lowest BCUT2D eigenvalue weighted by Gasteiger charge is -2.35. The van der Waals surface area contributed by atoms with E-state index >= 15 is 0 Å². The number of hydrogen-bond acceptors (Lipinski definition) is 2. The predicted molar refractivity (Wildman–Crippen MR) is 62.4 cm³/mol. The van der Waals surface area contributed by atoms with Gasteiger partial charge in [0.15, 0.2) is 0 Å². The Morgan fingerprint density at radius 3 is 2.42 bits per heavy atom. The molecule has 0 nitrogen and oxygen atoms in total. The molecule has 0 radical (unpaired) electrons. The summed E-state index contributed by atoms with van der Waals surface area (Å²) in [6.07, 6.45) is 7.16. The van der Waals surface area contributed by atoms with E-state index in [0.29, 0.717) is 5.41 Å². The van der Waals surface area contributed by atoms with Crippen LogP contribution in [0.2, 0.25) is 0 Å².